The van der Waals surface area contributed by atoms with Gasteiger partial charge in [0, 0.05) is 42.8 Å². The molecule has 9 heteroatoms. The van der Waals surface area contributed by atoms with Gasteiger partial charge in [-0.15, -0.1) is 0 Å². The van der Waals surface area contributed by atoms with Crippen LogP contribution in [-0.4, -0.2) is 54.6 Å². The molecular weight excluding hydrogens is 457 g/mol. The Morgan fingerprint density at radius 3 is 2.24 bits per heavy atom. The van der Waals surface area contributed by atoms with Crippen molar-refractivity contribution in [2.24, 2.45) is 0 Å². The highest BCUT2D eigenvalue weighted by Crippen LogP contribution is 2.31. The van der Waals surface area contributed by atoms with Gasteiger partial charge in [0.25, 0.3) is 11.8 Å². The maximum absolute atomic E-state index is 14.5. The summed E-state index contributed by atoms with van der Waals surface area (Å²) in [6, 6.07) is 11.1. The first-order valence-electron chi connectivity index (χ1n) is 11.8. The zero-order valence-corrected chi connectivity index (χ0v) is 19.7. The van der Waals surface area contributed by atoms with E-state index in [4.69, 9.17) is 0 Å². The average molecular weight is 486 g/mol. The van der Waals surface area contributed by atoms with Gasteiger partial charge in [0.1, 0.15) is 10.7 Å². The lowest BCUT2D eigenvalue weighted by molar-refractivity contribution is 0.0729. The van der Waals surface area contributed by atoms with E-state index < -0.39 is 20.7 Å². The first-order valence-corrected chi connectivity index (χ1v) is 13.3. The predicted octanol–water partition coefficient (Wildman–Crippen LogP) is 3.31. The van der Waals surface area contributed by atoms with E-state index in [9.17, 15) is 22.4 Å². The molecule has 2 amide bonds. The monoisotopic (exact) mass is 485 g/mol. The molecule has 180 valence electrons. The molecule has 2 aromatic rings. The quantitative estimate of drug-likeness (QED) is 0.622. The summed E-state index contributed by atoms with van der Waals surface area (Å²) < 4.78 is 41.6. The Labute approximate surface area is 199 Å². The second-order valence-corrected chi connectivity index (χ2v) is 11.3. The summed E-state index contributed by atoms with van der Waals surface area (Å²) in [4.78, 5) is 26.9. The lowest BCUT2D eigenvalue weighted by atomic mass is 10.1. The van der Waals surface area contributed by atoms with Crippen molar-refractivity contribution in [1.29, 1.82) is 0 Å². The molecule has 5 rings (SSSR count). The van der Waals surface area contributed by atoms with E-state index in [2.05, 4.69) is 5.32 Å². The summed E-state index contributed by atoms with van der Waals surface area (Å²) in [6.45, 7) is 1.06. The van der Waals surface area contributed by atoms with E-state index >= 15 is 0 Å². The third-order valence-electron chi connectivity index (χ3n) is 6.59. The van der Waals surface area contributed by atoms with Gasteiger partial charge in [-0.2, -0.15) is 4.31 Å². The van der Waals surface area contributed by atoms with Gasteiger partial charge in [-0.3, -0.25) is 9.59 Å². The van der Waals surface area contributed by atoms with Crippen LogP contribution < -0.4 is 5.32 Å². The zero-order valence-electron chi connectivity index (χ0n) is 18.9. The first kappa shape index (κ1) is 23.0. The Kier molecular flexibility index (Phi) is 6.16. The number of nitrogens with one attached hydrogen (secondary N) is 1. The summed E-state index contributed by atoms with van der Waals surface area (Å²) in [6.07, 6.45) is 5.27. The summed E-state index contributed by atoms with van der Waals surface area (Å²) in [7, 11) is -3.98. The maximum Gasteiger partial charge on any atom is 0.254 e. The number of carbonyl (C=O) groups excluding carboxylic acids is 2. The van der Waals surface area contributed by atoms with E-state index in [1.54, 1.807) is 17.0 Å². The molecule has 0 spiro atoms. The third-order valence-corrected chi connectivity index (χ3v) is 8.50. The fourth-order valence-electron chi connectivity index (χ4n) is 4.28. The molecule has 2 saturated carbocycles. The molecular formula is C25H28FN3O4S. The number of halogens is 1. The zero-order chi connectivity index (χ0) is 23.9. The summed E-state index contributed by atoms with van der Waals surface area (Å²) in [5, 5.41) is 2.95. The van der Waals surface area contributed by atoms with Crippen LogP contribution in [0.1, 0.15) is 64.8 Å². The van der Waals surface area contributed by atoms with Crippen LogP contribution in [0.25, 0.3) is 0 Å². The minimum absolute atomic E-state index is 0.0639. The standard InChI is InChI=1S/C25H28FN3O4S/c26-22-12-7-19(15-23(22)34(32,33)28-13-1-2-14-28)25(31)29(21-10-11-21)16-17-3-5-18(6-4-17)24(30)27-20-8-9-20/h3-7,12,15,20-21H,1-2,8-11,13-14,16H2,(H,27,30). The van der Waals surface area contributed by atoms with Crippen molar-refractivity contribution >= 4 is 21.8 Å². The van der Waals surface area contributed by atoms with E-state index in [-0.39, 0.29) is 29.5 Å². The van der Waals surface area contributed by atoms with Crippen LogP contribution in [0.5, 0.6) is 0 Å². The highest BCUT2D eigenvalue weighted by molar-refractivity contribution is 7.89. The van der Waals surface area contributed by atoms with Crippen LogP contribution >= 0.6 is 0 Å². The molecule has 0 radical (unpaired) electrons. The smallest absolute Gasteiger partial charge is 0.254 e. The lowest BCUT2D eigenvalue weighted by Gasteiger charge is -2.23. The fourth-order valence-corrected chi connectivity index (χ4v) is 5.88. The van der Waals surface area contributed by atoms with Gasteiger partial charge in [-0.25, -0.2) is 12.8 Å². The predicted molar refractivity (Wildman–Crippen MR) is 124 cm³/mol. The molecule has 1 heterocycles. The first-order chi connectivity index (χ1) is 16.3. The second kappa shape index (κ2) is 9.11. The number of rotatable bonds is 8. The number of amides is 2. The van der Waals surface area contributed by atoms with Crippen LogP contribution in [0, 0.1) is 5.82 Å². The molecule has 2 aromatic carbocycles. The Morgan fingerprint density at radius 2 is 1.62 bits per heavy atom. The molecule has 1 saturated heterocycles. The van der Waals surface area contributed by atoms with Crippen molar-refractivity contribution in [2.45, 2.75) is 62.0 Å². The Bertz CT molecular complexity index is 1200. The molecule has 0 bridgehead atoms. The van der Waals surface area contributed by atoms with Crippen molar-refractivity contribution in [2.75, 3.05) is 13.1 Å². The topological polar surface area (TPSA) is 86.8 Å². The molecule has 0 atom stereocenters. The van der Waals surface area contributed by atoms with Gasteiger partial charge in [0.15, 0.2) is 0 Å². The lowest BCUT2D eigenvalue weighted by Crippen LogP contribution is -2.33. The van der Waals surface area contributed by atoms with Crippen LogP contribution in [0.15, 0.2) is 47.4 Å². The minimum Gasteiger partial charge on any atom is -0.349 e. The number of carbonyl (C=O) groups is 2. The normalized spacial score (nSPS) is 18.6. The second-order valence-electron chi connectivity index (χ2n) is 9.37. The third kappa shape index (κ3) is 4.86. The van der Waals surface area contributed by atoms with Gasteiger partial charge in [0.05, 0.1) is 0 Å². The van der Waals surface area contributed by atoms with Crippen LogP contribution in [0.2, 0.25) is 0 Å². The molecule has 0 unspecified atom stereocenters. The van der Waals surface area contributed by atoms with Crippen LogP contribution in [0.3, 0.4) is 0 Å². The van der Waals surface area contributed by atoms with Gasteiger partial charge in [-0.1, -0.05) is 12.1 Å². The fraction of sp³-hybridized carbons (Fsp3) is 0.440. The van der Waals surface area contributed by atoms with Gasteiger partial charge in [0.2, 0.25) is 10.0 Å². The average Bonchev–Trinajstić information content (AvgIpc) is 3.77. The van der Waals surface area contributed by atoms with Gasteiger partial charge in [-0.05, 0) is 74.4 Å². The summed E-state index contributed by atoms with van der Waals surface area (Å²) >= 11 is 0. The van der Waals surface area contributed by atoms with Crippen molar-refractivity contribution in [3.63, 3.8) is 0 Å². The number of nitrogens with zero attached hydrogens (tertiary/aromatic N) is 2. The highest BCUT2D eigenvalue weighted by atomic mass is 32.2. The van der Waals surface area contributed by atoms with E-state index in [0.717, 1.165) is 50.2 Å². The molecule has 34 heavy (non-hydrogen) atoms. The number of benzene rings is 2. The molecule has 1 aliphatic heterocycles. The van der Waals surface area contributed by atoms with Crippen molar-refractivity contribution < 1.29 is 22.4 Å². The molecule has 7 nitrogen and oxygen atoms in total. The molecule has 0 aromatic heterocycles. The summed E-state index contributed by atoms with van der Waals surface area (Å²) in [5.74, 6) is -1.26. The molecule has 1 N–H and O–H groups in total. The minimum atomic E-state index is -3.98. The van der Waals surface area contributed by atoms with Crippen molar-refractivity contribution in [3.05, 3.63) is 65.0 Å². The SMILES string of the molecule is O=C(NC1CC1)c1ccc(CN(C(=O)c2ccc(F)c(S(=O)(=O)N3CCCC3)c2)C2CC2)cc1. The maximum atomic E-state index is 14.5. The Balaban J connectivity index is 1.34. The number of hydrogen-bond acceptors (Lipinski definition) is 4. The van der Waals surface area contributed by atoms with Crippen LogP contribution in [-0.2, 0) is 16.6 Å². The Hall–Kier alpha value is -2.78. The van der Waals surface area contributed by atoms with E-state index in [1.165, 1.54) is 16.4 Å². The van der Waals surface area contributed by atoms with E-state index in [1.807, 2.05) is 12.1 Å². The number of hydrogen-bond donors (Lipinski definition) is 1. The number of sulfonamides is 1. The largest absolute Gasteiger partial charge is 0.349 e. The molecule has 2 aliphatic carbocycles. The highest BCUT2D eigenvalue weighted by Gasteiger charge is 2.35. The molecule has 3 aliphatic rings. The van der Waals surface area contributed by atoms with E-state index in [0.29, 0.717) is 25.2 Å². The molecule has 3 fully saturated rings. The summed E-state index contributed by atoms with van der Waals surface area (Å²) in [5.41, 5.74) is 1.61. The van der Waals surface area contributed by atoms with Crippen LogP contribution in [0.4, 0.5) is 4.39 Å². The van der Waals surface area contributed by atoms with Crippen molar-refractivity contribution in [3.8, 4) is 0 Å². The van der Waals surface area contributed by atoms with Crippen molar-refractivity contribution in [1.82, 2.24) is 14.5 Å². The Morgan fingerprint density at radius 1 is 0.971 bits per heavy atom. The van der Waals surface area contributed by atoms with Gasteiger partial charge < -0.3 is 10.2 Å². The van der Waals surface area contributed by atoms with Gasteiger partial charge >= 0.3 is 0 Å².